The van der Waals surface area contributed by atoms with Crippen molar-refractivity contribution < 1.29 is 23.9 Å². The van der Waals surface area contributed by atoms with Gasteiger partial charge in [0, 0.05) is 13.1 Å². The van der Waals surface area contributed by atoms with Gasteiger partial charge < -0.3 is 15.0 Å². The van der Waals surface area contributed by atoms with Gasteiger partial charge in [0.25, 0.3) is 11.8 Å². The third-order valence-corrected chi connectivity index (χ3v) is 5.67. The maximum atomic E-state index is 12.9. The topological polar surface area (TPSA) is 96.0 Å². The summed E-state index contributed by atoms with van der Waals surface area (Å²) in [4.78, 5) is 52.5. The van der Waals surface area contributed by atoms with Crippen molar-refractivity contribution in [3.8, 4) is 0 Å². The first-order chi connectivity index (χ1) is 13.6. The SMILES string of the molecule is CC(C)CN(CC(C)C)C(=O)COC(=O)CN1C(=O)N[C@]2(CCCC[C@@H]2C)C1=O. The first-order valence-corrected chi connectivity index (χ1v) is 10.6. The number of hydrogen-bond acceptors (Lipinski definition) is 5. The normalized spacial score (nSPS) is 24.4. The molecular formula is C21H35N3O5. The van der Waals surface area contributed by atoms with Crippen molar-refractivity contribution in [1.29, 1.82) is 0 Å². The van der Waals surface area contributed by atoms with Gasteiger partial charge in [0.2, 0.25) is 0 Å². The molecule has 2 fully saturated rings. The van der Waals surface area contributed by atoms with E-state index in [4.69, 9.17) is 4.74 Å². The van der Waals surface area contributed by atoms with Crippen LogP contribution >= 0.6 is 0 Å². The molecule has 1 spiro atoms. The zero-order chi connectivity index (χ0) is 21.8. The minimum atomic E-state index is -0.906. The zero-order valence-electron chi connectivity index (χ0n) is 18.3. The van der Waals surface area contributed by atoms with Gasteiger partial charge in [0.05, 0.1) is 0 Å². The molecule has 2 rings (SSSR count). The molecule has 0 bridgehead atoms. The van der Waals surface area contributed by atoms with Crippen LogP contribution in [0.3, 0.4) is 0 Å². The molecule has 8 nitrogen and oxygen atoms in total. The summed E-state index contributed by atoms with van der Waals surface area (Å²) >= 11 is 0. The smallest absolute Gasteiger partial charge is 0.326 e. The van der Waals surface area contributed by atoms with E-state index in [0.29, 0.717) is 31.3 Å². The summed E-state index contributed by atoms with van der Waals surface area (Å²) in [6.45, 7) is 10.3. The van der Waals surface area contributed by atoms with Crippen LogP contribution in [-0.2, 0) is 19.1 Å². The number of hydrogen-bond donors (Lipinski definition) is 1. The van der Waals surface area contributed by atoms with Crippen molar-refractivity contribution in [2.24, 2.45) is 17.8 Å². The van der Waals surface area contributed by atoms with Crippen molar-refractivity contribution in [1.82, 2.24) is 15.1 Å². The molecule has 29 heavy (non-hydrogen) atoms. The largest absolute Gasteiger partial charge is 0.454 e. The van der Waals surface area contributed by atoms with E-state index in [0.717, 1.165) is 24.2 Å². The Labute approximate surface area is 173 Å². The van der Waals surface area contributed by atoms with Crippen LogP contribution in [0, 0.1) is 17.8 Å². The van der Waals surface area contributed by atoms with E-state index in [-0.39, 0.29) is 24.3 Å². The number of amides is 4. The summed E-state index contributed by atoms with van der Waals surface area (Å²) < 4.78 is 5.11. The molecule has 0 aromatic rings. The number of nitrogens with one attached hydrogen (secondary N) is 1. The molecule has 1 heterocycles. The van der Waals surface area contributed by atoms with E-state index in [2.05, 4.69) is 5.32 Å². The van der Waals surface area contributed by atoms with Crippen LogP contribution in [0.4, 0.5) is 4.79 Å². The maximum Gasteiger partial charge on any atom is 0.326 e. The number of carbonyl (C=O) groups excluding carboxylic acids is 4. The van der Waals surface area contributed by atoms with E-state index in [1.807, 2.05) is 34.6 Å². The summed E-state index contributed by atoms with van der Waals surface area (Å²) in [5, 5.41) is 2.80. The van der Waals surface area contributed by atoms with Crippen molar-refractivity contribution >= 4 is 23.8 Å². The molecule has 1 saturated heterocycles. The fourth-order valence-electron chi connectivity index (χ4n) is 4.21. The third-order valence-electron chi connectivity index (χ3n) is 5.67. The Morgan fingerprint density at radius 1 is 1.17 bits per heavy atom. The van der Waals surface area contributed by atoms with Gasteiger partial charge in [-0.3, -0.25) is 19.3 Å². The van der Waals surface area contributed by atoms with Crippen LogP contribution in [0.15, 0.2) is 0 Å². The molecule has 1 aliphatic heterocycles. The average molecular weight is 410 g/mol. The highest BCUT2D eigenvalue weighted by Crippen LogP contribution is 2.38. The maximum absolute atomic E-state index is 12.9. The van der Waals surface area contributed by atoms with Crippen molar-refractivity contribution in [3.63, 3.8) is 0 Å². The zero-order valence-corrected chi connectivity index (χ0v) is 18.3. The second-order valence-electron chi connectivity index (χ2n) is 9.19. The van der Waals surface area contributed by atoms with Crippen LogP contribution in [0.2, 0.25) is 0 Å². The van der Waals surface area contributed by atoms with Crippen LogP contribution in [-0.4, -0.2) is 65.4 Å². The third kappa shape index (κ3) is 5.48. The number of imide groups is 1. The lowest BCUT2D eigenvalue weighted by Gasteiger charge is -2.36. The van der Waals surface area contributed by atoms with Gasteiger partial charge >= 0.3 is 12.0 Å². The van der Waals surface area contributed by atoms with Gasteiger partial charge in [-0.1, -0.05) is 47.5 Å². The van der Waals surface area contributed by atoms with E-state index in [1.54, 1.807) is 4.90 Å². The average Bonchev–Trinajstić information content (AvgIpc) is 2.86. The van der Waals surface area contributed by atoms with E-state index in [1.165, 1.54) is 0 Å². The standard InChI is InChI=1S/C21H35N3O5/c1-14(2)10-23(11-15(3)4)17(25)13-29-18(26)12-24-19(27)21(22-20(24)28)9-7-6-8-16(21)5/h14-16H,6-13H2,1-5H3,(H,22,28)/t16-,21-/m0/s1. The number of urea groups is 1. The molecule has 1 N–H and O–H groups in total. The predicted octanol–water partition coefficient (Wildman–Crippen LogP) is 2.17. The highest BCUT2D eigenvalue weighted by atomic mass is 16.5. The Balaban J connectivity index is 1.92. The molecule has 1 saturated carbocycles. The second kappa shape index (κ2) is 9.59. The van der Waals surface area contributed by atoms with Gasteiger partial charge in [0.1, 0.15) is 12.1 Å². The van der Waals surface area contributed by atoms with Gasteiger partial charge in [-0.15, -0.1) is 0 Å². The minimum Gasteiger partial charge on any atom is -0.454 e. The predicted molar refractivity (Wildman–Crippen MR) is 108 cm³/mol. The summed E-state index contributed by atoms with van der Waals surface area (Å²) in [6.07, 6.45) is 3.34. The Morgan fingerprint density at radius 3 is 2.34 bits per heavy atom. The van der Waals surface area contributed by atoms with Crippen molar-refractivity contribution in [2.75, 3.05) is 26.2 Å². The molecule has 2 aliphatic rings. The molecule has 2 atom stereocenters. The lowest BCUT2D eigenvalue weighted by Crippen LogP contribution is -2.54. The van der Waals surface area contributed by atoms with E-state index >= 15 is 0 Å². The van der Waals surface area contributed by atoms with Crippen LogP contribution in [0.5, 0.6) is 0 Å². The van der Waals surface area contributed by atoms with E-state index in [9.17, 15) is 19.2 Å². The monoisotopic (exact) mass is 409 g/mol. The van der Waals surface area contributed by atoms with Gasteiger partial charge in [0.15, 0.2) is 6.61 Å². The number of nitrogens with zero attached hydrogens (tertiary/aromatic N) is 2. The summed E-state index contributed by atoms with van der Waals surface area (Å²) in [6, 6.07) is -0.562. The summed E-state index contributed by atoms with van der Waals surface area (Å²) in [5.74, 6) is -0.761. The molecule has 8 heteroatoms. The lowest BCUT2D eigenvalue weighted by atomic mass is 9.73. The summed E-state index contributed by atoms with van der Waals surface area (Å²) in [7, 11) is 0. The van der Waals surface area contributed by atoms with Crippen LogP contribution in [0.25, 0.3) is 0 Å². The Morgan fingerprint density at radius 2 is 1.79 bits per heavy atom. The lowest BCUT2D eigenvalue weighted by molar-refractivity contribution is -0.154. The van der Waals surface area contributed by atoms with Gasteiger partial charge in [-0.05, 0) is 30.6 Å². The Bertz CT molecular complexity index is 638. The molecule has 0 unspecified atom stereocenters. The van der Waals surface area contributed by atoms with Gasteiger partial charge in [-0.25, -0.2) is 4.79 Å². The number of esters is 1. The highest BCUT2D eigenvalue weighted by molar-refractivity contribution is 6.09. The molecule has 1 aliphatic carbocycles. The van der Waals surface area contributed by atoms with Crippen LogP contribution in [0.1, 0.15) is 60.3 Å². The van der Waals surface area contributed by atoms with E-state index < -0.39 is 24.1 Å². The van der Waals surface area contributed by atoms with Gasteiger partial charge in [-0.2, -0.15) is 0 Å². The fourth-order valence-corrected chi connectivity index (χ4v) is 4.21. The number of rotatable bonds is 8. The number of carbonyl (C=O) groups is 4. The first-order valence-electron chi connectivity index (χ1n) is 10.6. The molecule has 4 amide bonds. The Hall–Kier alpha value is -2.12. The second-order valence-corrected chi connectivity index (χ2v) is 9.19. The number of ether oxygens (including phenoxy) is 1. The Kier molecular flexibility index (Phi) is 7.66. The molecule has 164 valence electrons. The van der Waals surface area contributed by atoms with Crippen molar-refractivity contribution in [3.05, 3.63) is 0 Å². The molecule has 0 radical (unpaired) electrons. The summed E-state index contributed by atoms with van der Waals surface area (Å²) in [5.41, 5.74) is -0.906. The molecule has 0 aromatic heterocycles. The molecule has 0 aromatic carbocycles. The fraction of sp³-hybridized carbons (Fsp3) is 0.810. The highest BCUT2D eigenvalue weighted by Gasteiger charge is 2.55. The molecular weight excluding hydrogens is 374 g/mol. The minimum absolute atomic E-state index is 0.0240. The quantitative estimate of drug-likeness (QED) is 0.490. The first kappa shape index (κ1) is 23.2. The van der Waals surface area contributed by atoms with Crippen molar-refractivity contribution in [2.45, 2.75) is 65.8 Å². The van der Waals surface area contributed by atoms with Crippen LogP contribution < -0.4 is 5.32 Å².